The van der Waals surface area contributed by atoms with E-state index in [1.54, 1.807) is 33.1 Å². The van der Waals surface area contributed by atoms with E-state index < -0.39 is 20.0 Å². The number of phosphoric ester groups is 1. The molecule has 1 aromatic heterocycles. The van der Waals surface area contributed by atoms with E-state index >= 15 is 0 Å². The molecule has 0 radical (unpaired) electrons. The molecule has 0 aliphatic carbocycles. The van der Waals surface area contributed by atoms with Crippen LogP contribution in [0.4, 0.5) is 0 Å². The topological polar surface area (TPSA) is 152 Å². The number of para-hydroxylation sites is 1. The molecule has 1 N–H and O–H groups in total. The molecular formula is C40H38N5Na2O7P. The van der Waals surface area contributed by atoms with Gasteiger partial charge in [0.05, 0.1) is 18.6 Å². The molecule has 2 aliphatic heterocycles. The van der Waals surface area contributed by atoms with Gasteiger partial charge in [0.2, 0.25) is 17.7 Å². The van der Waals surface area contributed by atoms with E-state index in [-0.39, 0.29) is 122 Å². The number of benzene rings is 4. The van der Waals surface area contributed by atoms with E-state index in [2.05, 4.69) is 16.1 Å². The van der Waals surface area contributed by atoms with E-state index in [0.29, 0.717) is 12.0 Å². The van der Waals surface area contributed by atoms with Crippen LogP contribution in [0.2, 0.25) is 0 Å². The summed E-state index contributed by atoms with van der Waals surface area (Å²) >= 11 is 0. The van der Waals surface area contributed by atoms with Gasteiger partial charge < -0.3 is 33.7 Å². The SMILES string of the molecule is C=CCN1CC(=O)N2[C@@H](Cc3ccc(OP(=O)([O-])[O-])cc3)C(=O)N(Cc3cccc4c(-c5ccccc5)c[nH]c34)C[C@@H]2N1C(=O)CCc1ccccc1.[Na+].[Na+]. The van der Waals surface area contributed by atoms with Gasteiger partial charge in [-0.2, -0.15) is 0 Å². The second kappa shape index (κ2) is 18.6. The number of piperazine rings is 1. The molecule has 272 valence electrons. The summed E-state index contributed by atoms with van der Waals surface area (Å²) in [5.74, 6) is -0.945. The second-order valence-corrected chi connectivity index (χ2v) is 14.2. The first kappa shape index (κ1) is 42.6. The molecule has 12 nitrogen and oxygen atoms in total. The van der Waals surface area contributed by atoms with Gasteiger partial charge in [-0.05, 0) is 40.8 Å². The third-order valence-electron chi connectivity index (χ3n) is 9.71. The zero-order chi connectivity index (χ0) is 37.1. The first-order valence-corrected chi connectivity index (χ1v) is 18.8. The van der Waals surface area contributed by atoms with E-state index in [0.717, 1.165) is 33.2 Å². The van der Waals surface area contributed by atoms with Crippen LogP contribution in [0, 0.1) is 0 Å². The minimum absolute atomic E-state index is 0. The van der Waals surface area contributed by atoms with Crippen molar-refractivity contribution >= 4 is 36.4 Å². The zero-order valence-corrected chi connectivity index (χ0v) is 35.8. The minimum atomic E-state index is -5.27. The normalized spacial score (nSPS) is 17.3. The van der Waals surface area contributed by atoms with E-state index in [9.17, 15) is 28.7 Å². The number of hydrogen-bond acceptors (Lipinski definition) is 8. The Hall–Kier alpha value is -3.52. The Labute approximate surface area is 363 Å². The molecule has 5 aromatic rings. The number of carbonyl (C=O) groups excluding carboxylic acids is 3. The first-order valence-electron chi connectivity index (χ1n) is 17.4. The predicted molar refractivity (Wildman–Crippen MR) is 195 cm³/mol. The Kier molecular flexibility index (Phi) is 14.4. The van der Waals surface area contributed by atoms with Gasteiger partial charge in [-0.3, -0.25) is 14.4 Å². The quantitative estimate of drug-likeness (QED) is 0.0872. The fraction of sp³-hybridized carbons (Fsp3) is 0.225. The maximum atomic E-state index is 14.6. The molecule has 3 amide bonds. The molecule has 15 heteroatoms. The average molecular weight is 778 g/mol. The standard InChI is InChI=1S/C40H40N5O7P.2Na/c1-2-22-43-27-38(47)44-35(23-29-16-19-32(20-17-29)52-53(49,50)51)40(48)42(26-36(44)45(43)37(46)21-18-28-10-5-3-6-11-28)25-31-14-9-15-33-34(24-41-39(31)33)30-12-7-4-8-13-30;;/h2-17,19-20,24,35-36,41H,1,18,21-23,25-27H2,(H2,49,50,51);;/q;2*+1/p-2/t35-,36-;;/m0../s1. The molecule has 55 heavy (non-hydrogen) atoms. The van der Waals surface area contributed by atoms with Gasteiger partial charge in [0, 0.05) is 43.1 Å². The fourth-order valence-corrected chi connectivity index (χ4v) is 7.74. The molecule has 0 unspecified atom stereocenters. The van der Waals surface area contributed by atoms with Gasteiger partial charge >= 0.3 is 59.1 Å². The van der Waals surface area contributed by atoms with Crippen LogP contribution in [0.1, 0.15) is 23.1 Å². The van der Waals surface area contributed by atoms with Crippen molar-refractivity contribution in [2.75, 3.05) is 19.6 Å². The van der Waals surface area contributed by atoms with Gasteiger partial charge in [0.15, 0.2) is 0 Å². The van der Waals surface area contributed by atoms with Crippen LogP contribution in [0.5, 0.6) is 5.75 Å². The third-order valence-corrected chi connectivity index (χ3v) is 10.1. The molecule has 4 aromatic carbocycles. The third kappa shape index (κ3) is 9.72. The van der Waals surface area contributed by atoms with E-state index in [1.807, 2.05) is 85.1 Å². The number of fused-ring (bicyclic) bond motifs is 2. The van der Waals surface area contributed by atoms with Crippen molar-refractivity contribution < 1.29 is 92.4 Å². The second-order valence-electron chi connectivity index (χ2n) is 13.2. The van der Waals surface area contributed by atoms with Gasteiger partial charge in [-0.25, -0.2) is 10.0 Å². The van der Waals surface area contributed by atoms with Crippen molar-refractivity contribution in [1.82, 2.24) is 24.8 Å². The number of nitrogens with zero attached hydrogens (tertiary/aromatic N) is 4. The Balaban J connectivity index is 0.00000290. The maximum absolute atomic E-state index is 14.6. The summed E-state index contributed by atoms with van der Waals surface area (Å²) in [5.41, 5.74) is 5.45. The van der Waals surface area contributed by atoms with Crippen molar-refractivity contribution in [3.63, 3.8) is 0 Å². The first-order chi connectivity index (χ1) is 25.6. The number of aryl methyl sites for hydroxylation is 1. The molecule has 2 aliphatic rings. The zero-order valence-electron chi connectivity index (χ0n) is 30.9. The molecule has 0 bridgehead atoms. The number of aromatic nitrogens is 1. The molecule has 3 heterocycles. The number of nitrogens with one attached hydrogen (secondary N) is 1. The van der Waals surface area contributed by atoms with Gasteiger partial charge in [0.1, 0.15) is 25.8 Å². The average Bonchev–Trinajstić information content (AvgIpc) is 3.59. The van der Waals surface area contributed by atoms with Gasteiger partial charge in [-0.1, -0.05) is 97.1 Å². The summed E-state index contributed by atoms with van der Waals surface area (Å²) in [4.78, 5) is 71.8. The fourth-order valence-electron chi connectivity index (χ4n) is 7.36. The van der Waals surface area contributed by atoms with Crippen LogP contribution in [-0.4, -0.2) is 74.4 Å². The Morgan fingerprint density at radius 3 is 2.27 bits per heavy atom. The smallest absolute Gasteiger partial charge is 0.780 e. The van der Waals surface area contributed by atoms with Crippen LogP contribution in [0.15, 0.2) is 122 Å². The summed E-state index contributed by atoms with van der Waals surface area (Å²) in [6.45, 7) is 4.28. The van der Waals surface area contributed by atoms with Gasteiger partial charge in [0.25, 0.3) is 0 Å². The molecule has 2 fully saturated rings. The monoisotopic (exact) mass is 777 g/mol. The van der Waals surface area contributed by atoms with E-state index in [4.69, 9.17) is 0 Å². The van der Waals surface area contributed by atoms with Crippen molar-refractivity contribution in [1.29, 1.82) is 0 Å². The van der Waals surface area contributed by atoms with Crippen LogP contribution in [-0.2, 0) is 38.3 Å². The number of H-pyrrole nitrogens is 1. The van der Waals surface area contributed by atoms with E-state index in [1.165, 1.54) is 17.0 Å². The number of carbonyl (C=O) groups is 3. The Morgan fingerprint density at radius 1 is 0.909 bits per heavy atom. The summed E-state index contributed by atoms with van der Waals surface area (Å²) in [5, 5.41) is 4.32. The van der Waals surface area contributed by atoms with Crippen molar-refractivity contribution in [2.24, 2.45) is 0 Å². The Morgan fingerprint density at radius 2 is 1.60 bits per heavy atom. The van der Waals surface area contributed by atoms with Crippen molar-refractivity contribution in [3.8, 4) is 16.9 Å². The number of aromatic amines is 1. The summed E-state index contributed by atoms with van der Waals surface area (Å²) in [6.07, 6.45) is 3.55. The van der Waals surface area contributed by atoms with Crippen molar-refractivity contribution in [3.05, 3.63) is 139 Å². The van der Waals surface area contributed by atoms with Crippen molar-refractivity contribution in [2.45, 2.75) is 38.0 Å². The number of hydrazine groups is 1. The molecule has 0 saturated carbocycles. The predicted octanol–water partition coefficient (Wildman–Crippen LogP) is -1.96. The van der Waals surface area contributed by atoms with Gasteiger partial charge in [-0.15, -0.1) is 6.58 Å². The number of rotatable bonds is 12. The molecule has 0 spiro atoms. The van der Waals surface area contributed by atoms with Crippen LogP contribution >= 0.6 is 7.82 Å². The van der Waals surface area contributed by atoms with Crippen LogP contribution in [0.25, 0.3) is 22.0 Å². The summed E-state index contributed by atoms with van der Waals surface area (Å²) in [6, 6.07) is 30.4. The number of amides is 3. The molecular weight excluding hydrogens is 739 g/mol. The summed E-state index contributed by atoms with van der Waals surface area (Å²) in [7, 11) is -5.27. The van der Waals surface area contributed by atoms with Crippen LogP contribution < -0.4 is 73.4 Å². The maximum Gasteiger partial charge on any atom is 1.00 e. The minimum Gasteiger partial charge on any atom is -0.780 e. The molecule has 2 atom stereocenters. The largest absolute Gasteiger partial charge is 1.00 e. The Bertz CT molecular complexity index is 2180. The molecule has 2 saturated heterocycles. The molecule has 7 rings (SSSR count). The number of hydrogen-bond donors (Lipinski definition) is 1. The summed E-state index contributed by atoms with van der Waals surface area (Å²) < 4.78 is 15.7. The van der Waals surface area contributed by atoms with Crippen LogP contribution in [0.3, 0.4) is 0 Å². The number of phosphoric acid groups is 1.